The SMILES string of the molecule is O=C1C(Oc2ccc(-n3ccnc3)cc2)CCN1c1ccc(S(=O)O)cc1. The van der Waals surface area contributed by atoms with Crippen LogP contribution in [-0.2, 0) is 15.9 Å². The zero-order valence-electron chi connectivity index (χ0n) is 14.3. The summed E-state index contributed by atoms with van der Waals surface area (Å²) < 4.78 is 27.9. The predicted molar refractivity (Wildman–Crippen MR) is 100 cm³/mol. The molecule has 1 aromatic heterocycles. The molecule has 27 heavy (non-hydrogen) atoms. The maximum atomic E-state index is 12.7. The van der Waals surface area contributed by atoms with Crippen LogP contribution in [0, 0.1) is 0 Å². The van der Waals surface area contributed by atoms with Crippen LogP contribution in [0.4, 0.5) is 5.69 Å². The first-order valence-corrected chi connectivity index (χ1v) is 9.50. The summed E-state index contributed by atoms with van der Waals surface area (Å²) in [6.07, 6.45) is 5.31. The third kappa shape index (κ3) is 3.62. The van der Waals surface area contributed by atoms with Gasteiger partial charge in [-0.15, -0.1) is 0 Å². The van der Waals surface area contributed by atoms with Gasteiger partial charge < -0.3 is 18.8 Å². The fraction of sp³-hybridized carbons (Fsp3) is 0.158. The summed E-state index contributed by atoms with van der Waals surface area (Å²) in [6, 6.07) is 13.9. The molecule has 7 nitrogen and oxygen atoms in total. The van der Waals surface area contributed by atoms with Crippen LogP contribution in [-0.4, -0.2) is 36.9 Å². The van der Waals surface area contributed by atoms with Crippen LogP contribution >= 0.6 is 0 Å². The van der Waals surface area contributed by atoms with Crippen LogP contribution in [0.15, 0.2) is 72.1 Å². The zero-order chi connectivity index (χ0) is 18.8. The van der Waals surface area contributed by atoms with Gasteiger partial charge in [-0.05, 0) is 48.5 Å². The standard InChI is InChI=1S/C19H17N3O4S/c23-19-18(9-11-22(19)15-3-7-17(8-4-15)27(24)25)26-16-5-1-14(2-6-16)21-12-10-20-13-21/h1-8,10,12-13,18H,9,11H2,(H,24,25). The number of hydrogen-bond acceptors (Lipinski definition) is 4. The van der Waals surface area contributed by atoms with Crippen molar-refractivity contribution in [1.29, 1.82) is 0 Å². The lowest BCUT2D eigenvalue weighted by Crippen LogP contribution is -2.32. The highest BCUT2D eigenvalue weighted by atomic mass is 32.2. The fourth-order valence-corrected chi connectivity index (χ4v) is 3.40. The maximum Gasteiger partial charge on any atom is 0.268 e. The van der Waals surface area contributed by atoms with Crippen molar-refractivity contribution < 1.29 is 18.3 Å². The molecule has 2 heterocycles. The molecule has 0 aliphatic carbocycles. The number of benzene rings is 2. The second-order valence-electron chi connectivity index (χ2n) is 6.09. The summed E-state index contributed by atoms with van der Waals surface area (Å²) in [4.78, 5) is 18.6. The summed E-state index contributed by atoms with van der Waals surface area (Å²) in [5, 5.41) is 0. The molecule has 0 saturated carbocycles. The Balaban J connectivity index is 1.43. The largest absolute Gasteiger partial charge is 0.481 e. The predicted octanol–water partition coefficient (Wildman–Crippen LogP) is 2.64. The highest BCUT2D eigenvalue weighted by molar-refractivity contribution is 7.79. The van der Waals surface area contributed by atoms with E-state index in [0.717, 1.165) is 5.69 Å². The topological polar surface area (TPSA) is 84.7 Å². The lowest BCUT2D eigenvalue weighted by Gasteiger charge is -2.17. The van der Waals surface area contributed by atoms with Gasteiger partial charge >= 0.3 is 0 Å². The van der Waals surface area contributed by atoms with Crippen LogP contribution in [0.5, 0.6) is 5.75 Å². The number of carbonyl (C=O) groups is 1. The Labute approximate surface area is 158 Å². The molecule has 0 bridgehead atoms. The van der Waals surface area contributed by atoms with Gasteiger partial charge in [0, 0.05) is 36.7 Å². The Kier molecular flexibility index (Phi) is 4.74. The van der Waals surface area contributed by atoms with E-state index in [-0.39, 0.29) is 5.91 Å². The fourth-order valence-electron chi connectivity index (χ4n) is 3.03. The van der Waals surface area contributed by atoms with Crippen LogP contribution in [0.25, 0.3) is 5.69 Å². The Bertz CT molecular complexity index is 956. The van der Waals surface area contributed by atoms with Crippen LogP contribution in [0.3, 0.4) is 0 Å². The van der Waals surface area contributed by atoms with E-state index in [4.69, 9.17) is 9.29 Å². The second kappa shape index (κ2) is 7.34. The van der Waals surface area contributed by atoms with E-state index in [1.807, 2.05) is 35.0 Å². The number of hydrogen-bond donors (Lipinski definition) is 1. The molecule has 1 amide bonds. The molecule has 8 heteroatoms. The van der Waals surface area contributed by atoms with Crippen LogP contribution in [0.2, 0.25) is 0 Å². The molecule has 138 valence electrons. The molecular formula is C19H17N3O4S. The summed E-state index contributed by atoms with van der Waals surface area (Å²) >= 11 is -2.03. The summed E-state index contributed by atoms with van der Waals surface area (Å²) in [7, 11) is 0. The van der Waals surface area contributed by atoms with Crippen LogP contribution in [0.1, 0.15) is 6.42 Å². The Morgan fingerprint density at radius 1 is 1.07 bits per heavy atom. The second-order valence-corrected chi connectivity index (χ2v) is 7.06. The van der Waals surface area contributed by atoms with E-state index < -0.39 is 17.2 Å². The minimum atomic E-state index is -2.03. The van der Waals surface area contributed by atoms with Gasteiger partial charge in [0.15, 0.2) is 17.2 Å². The van der Waals surface area contributed by atoms with Gasteiger partial charge in [-0.1, -0.05) is 0 Å². The molecule has 1 N–H and O–H groups in total. The maximum absolute atomic E-state index is 12.7. The molecular weight excluding hydrogens is 366 g/mol. The molecule has 4 rings (SSSR count). The van der Waals surface area contributed by atoms with Crippen molar-refractivity contribution in [2.45, 2.75) is 17.4 Å². The molecule has 3 aromatic rings. The number of rotatable bonds is 5. The van der Waals surface area contributed by atoms with E-state index in [9.17, 15) is 9.00 Å². The van der Waals surface area contributed by atoms with E-state index in [0.29, 0.717) is 29.3 Å². The third-order valence-corrected chi connectivity index (χ3v) is 5.10. The van der Waals surface area contributed by atoms with Crippen LogP contribution < -0.4 is 9.64 Å². The Hall–Kier alpha value is -2.97. The van der Waals surface area contributed by atoms with Crippen molar-refractivity contribution >= 4 is 22.7 Å². The highest BCUT2D eigenvalue weighted by Crippen LogP contribution is 2.26. The van der Waals surface area contributed by atoms with Crippen molar-refractivity contribution in [3.8, 4) is 11.4 Å². The van der Waals surface area contributed by atoms with Crippen molar-refractivity contribution in [1.82, 2.24) is 9.55 Å². The molecule has 1 fully saturated rings. The first-order chi connectivity index (χ1) is 13.1. The number of ether oxygens (including phenoxy) is 1. The third-order valence-electron chi connectivity index (χ3n) is 4.42. The molecule has 1 aliphatic heterocycles. The first-order valence-electron chi connectivity index (χ1n) is 8.39. The Morgan fingerprint density at radius 2 is 1.78 bits per heavy atom. The molecule has 0 spiro atoms. The average molecular weight is 383 g/mol. The zero-order valence-corrected chi connectivity index (χ0v) is 15.1. The van der Waals surface area contributed by atoms with Gasteiger partial charge in [-0.25, -0.2) is 9.19 Å². The average Bonchev–Trinajstić information content (AvgIpc) is 3.34. The quantitative estimate of drug-likeness (QED) is 0.685. The number of imidazole rings is 1. The minimum Gasteiger partial charge on any atom is -0.481 e. The van der Waals surface area contributed by atoms with E-state index >= 15 is 0 Å². The minimum absolute atomic E-state index is 0.119. The van der Waals surface area contributed by atoms with Crippen molar-refractivity contribution in [3.63, 3.8) is 0 Å². The van der Waals surface area contributed by atoms with Gasteiger partial charge in [0.2, 0.25) is 0 Å². The number of amides is 1. The van der Waals surface area contributed by atoms with E-state index in [2.05, 4.69) is 4.98 Å². The lowest BCUT2D eigenvalue weighted by atomic mass is 10.2. The normalized spacial score (nSPS) is 17.9. The monoisotopic (exact) mass is 383 g/mol. The molecule has 2 unspecified atom stereocenters. The van der Waals surface area contributed by atoms with Gasteiger partial charge in [0.05, 0.1) is 11.2 Å². The summed E-state index contributed by atoms with van der Waals surface area (Å²) in [5.74, 6) is 0.511. The summed E-state index contributed by atoms with van der Waals surface area (Å²) in [6.45, 7) is 0.540. The number of anilines is 1. The lowest BCUT2D eigenvalue weighted by molar-refractivity contribution is -0.122. The van der Waals surface area contributed by atoms with Gasteiger partial charge in [-0.3, -0.25) is 4.79 Å². The molecule has 2 atom stereocenters. The number of nitrogens with zero attached hydrogens (tertiary/aromatic N) is 3. The molecule has 2 aromatic carbocycles. The van der Waals surface area contributed by atoms with E-state index in [1.54, 1.807) is 41.7 Å². The molecule has 1 saturated heterocycles. The van der Waals surface area contributed by atoms with E-state index in [1.165, 1.54) is 0 Å². The Morgan fingerprint density at radius 3 is 2.41 bits per heavy atom. The van der Waals surface area contributed by atoms with Gasteiger partial charge in [0.25, 0.3) is 5.91 Å². The summed E-state index contributed by atoms with van der Waals surface area (Å²) in [5.41, 5.74) is 1.65. The first kappa shape index (κ1) is 17.4. The molecule has 1 aliphatic rings. The van der Waals surface area contributed by atoms with Crippen molar-refractivity contribution in [2.75, 3.05) is 11.4 Å². The highest BCUT2D eigenvalue weighted by Gasteiger charge is 2.34. The van der Waals surface area contributed by atoms with Gasteiger partial charge in [0.1, 0.15) is 5.75 Å². The van der Waals surface area contributed by atoms with Crippen molar-refractivity contribution in [3.05, 3.63) is 67.3 Å². The number of aromatic nitrogens is 2. The van der Waals surface area contributed by atoms with Crippen molar-refractivity contribution in [2.24, 2.45) is 0 Å². The smallest absolute Gasteiger partial charge is 0.268 e. The number of carbonyl (C=O) groups excluding carboxylic acids is 1. The molecule has 0 radical (unpaired) electrons. The van der Waals surface area contributed by atoms with Gasteiger partial charge in [-0.2, -0.15) is 0 Å².